The Kier molecular flexibility index (Phi) is 4.10. The Morgan fingerprint density at radius 2 is 1.88 bits per heavy atom. The van der Waals surface area contributed by atoms with Gasteiger partial charge in [0.2, 0.25) is 0 Å². The molecule has 0 amide bonds. The molecule has 2 aromatic carbocycles. The van der Waals surface area contributed by atoms with Gasteiger partial charge < -0.3 is 19.7 Å². The van der Waals surface area contributed by atoms with Crippen LogP contribution in [0.15, 0.2) is 33.9 Å². The van der Waals surface area contributed by atoms with Gasteiger partial charge >= 0.3 is 0 Å². The molecule has 0 saturated carbocycles. The zero-order chi connectivity index (χ0) is 16.5. The molecule has 1 N–H and O–H groups in total. The molecule has 0 radical (unpaired) electrons. The molecule has 0 unspecified atom stereocenters. The number of anilines is 2. The summed E-state index contributed by atoms with van der Waals surface area (Å²) in [6.07, 6.45) is -0.200. The molecule has 1 saturated heterocycles. The standard InChI is InChI=1S/C17H18N2O4S/c20-16-14(15(17(16)21)19-5-7-24-8-6-19)18-9-11-10-22-12-3-1-2-4-13(12)23-11/h1-4,11,18H,5-10H2/t11-/m1/s1. The minimum Gasteiger partial charge on any atom is -0.486 e. The molecule has 2 aromatic rings. The smallest absolute Gasteiger partial charge is 0.253 e. The van der Waals surface area contributed by atoms with Crippen molar-refractivity contribution < 1.29 is 9.47 Å². The minimum atomic E-state index is -0.430. The number of rotatable bonds is 4. The molecular formula is C17H18N2O4S. The third kappa shape index (κ3) is 2.73. The Bertz CT molecular complexity index is 809. The third-order valence-electron chi connectivity index (χ3n) is 4.29. The fourth-order valence-electron chi connectivity index (χ4n) is 3.01. The molecule has 1 atom stereocenters. The number of nitrogens with one attached hydrogen (secondary N) is 1. The molecule has 126 valence electrons. The number of hydrogen-bond acceptors (Lipinski definition) is 7. The first kappa shape index (κ1) is 15.4. The first-order chi connectivity index (χ1) is 11.7. The van der Waals surface area contributed by atoms with Crippen molar-refractivity contribution in [3.05, 3.63) is 44.7 Å². The maximum absolute atomic E-state index is 11.9. The van der Waals surface area contributed by atoms with Gasteiger partial charge in [0.05, 0.1) is 6.54 Å². The average molecular weight is 346 g/mol. The number of benzene rings is 1. The highest BCUT2D eigenvalue weighted by atomic mass is 32.2. The number of thioether (sulfide) groups is 1. The summed E-state index contributed by atoms with van der Waals surface area (Å²) in [5, 5.41) is 3.10. The summed E-state index contributed by atoms with van der Waals surface area (Å²) < 4.78 is 11.5. The van der Waals surface area contributed by atoms with Gasteiger partial charge in [-0.15, -0.1) is 0 Å². The minimum absolute atomic E-state index is 0.200. The van der Waals surface area contributed by atoms with Gasteiger partial charge in [0.15, 0.2) is 11.5 Å². The molecule has 6 nitrogen and oxygen atoms in total. The first-order valence-corrected chi connectivity index (χ1v) is 9.18. The second-order valence-electron chi connectivity index (χ2n) is 5.86. The van der Waals surface area contributed by atoms with E-state index >= 15 is 0 Å². The van der Waals surface area contributed by atoms with Gasteiger partial charge in [-0.05, 0) is 12.1 Å². The van der Waals surface area contributed by atoms with E-state index in [-0.39, 0.29) is 11.5 Å². The first-order valence-electron chi connectivity index (χ1n) is 8.02. The molecule has 1 fully saturated rings. The van der Waals surface area contributed by atoms with E-state index in [4.69, 9.17) is 9.47 Å². The Morgan fingerprint density at radius 3 is 2.67 bits per heavy atom. The SMILES string of the molecule is O=c1c(NC[C@@H]2COc3ccccc3O2)c(N2CCSCC2)c1=O. The second-order valence-corrected chi connectivity index (χ2v) is 7.08. The molecule has 2 heterocycles. The van der Waals surface area contributed by atoms with Crippen LogP contribution in [0.3, 0.4) is 0 Å². The summed E-state index contributed by atoms with van der Waals surface area (Å²) >= 11 is 1.87. The molecule has 4 rings (SSSR count). The zero-order valence-corrected chi connectivity index (χ0v) is 13.9. The van der Waals surface area contributed by atoms with E-state index in [0.29, 0.717) is 30.3 Å². The van der Waals surface area contributed by atoms with Gasteiger partial charge in [-0.3, -0.25) is 9.59 Å². The molecule has 0 spiro atoms. The lowest BCUT2D eigenvalue weighted by Gasteiger charge is -2.31. The predicted molar refractivity (Wildman–Crippen MR) is 95.7 cm³/mol. The Morgan fingerprint density at radius 1 is 1.12 bits per heavy atom. The number of fused-ring (bicyclic) bond motifs is 1. The van der Waals surface area contributed by atoms with Crippen LogP contribution < -0.4 is 30.5 Å². The lowest BCUT2D eigenvalue weighted by molar-refractivity contribution is 0.0997. The van der Waals surface area contributed by atoms with Crippen molar-refractivity contribution in [1.29, 1.82) is 0 Å². The molecule has 2 aliphatic rings. The second kappa shape index (κ2) is 6.39. The van der Waals surface area contributed by atoms with Crippen molar-refractivity contribution in [3.8, 4) is 11.5 Å². The Balaban J connectivity index is 1.43. The van der Waals surface area contributed by atoms with E-state index in [0.717, 1.165) is 30.3 Å². The molecule has 0 bridgehead atoms. The fraction of sp³-hybridized carbons (Fsp3) is 0.412. The fourth-order valence-corrected chi connectivity index (χ4v) is 3.91. The normalized spacial score (nSPS) is 20.2. The van der Waals surface area contributed by atoms with Crippen molar-refractivity contribution >= 4 is 23.1 Å². The number of ether oxygens (including phenoxy) is 2. The summed E-state index contributed by atoms with van der Waals surface area (Å²) in [5.74, 6) is 3.40. The molecule has 7 heteroatoms. The number of nitrogens with zero attached hydrogens (tertiary/aromatic N) is 1. The Labute approximate surface area is 143 Å². The van der Waals surface area contributed by atoms with Gasteiger partial charge in [-0.25, -0.2) is 0 Å². The Hall–Kier alpha value is -2.15. The number of hydrogen-bond donors (Lipinski definition) is 1. The quantitative estimate of drug-likeness (QED) is 0.831. The number of para-hydroxylation sites is 2. The van der Waals surface area contributed by atoms with Gasteiger partial charge in [0.25, 0.3) is 10.9 Å². The van der Waals surface area contributed by atoms with E-state index < -0.39 is 5.43 Å². The molecule has 2 aliphatic heterocycles. The van der Waals surface area contributed by atoms with Crippen LogP contribution in [0.4, 0.5) is 11.4 Å². The van der Waals surface area contributed by atoms with Crippen molar-refractivity contribution in [3.63, 3.8) is 0 Å². The predicted octanol–water partition coefficient (Wildman–Crippen LogP) is 1.09. The highest BCUT2D eigenvalue weighted by molar-refractivity contribution is 7.99. The van der Waals surface area contributed by atoms with Crippen LogP contribution in [-0.4, -0.2) is 43.9 Å². The summed E-state index contributed by atoms with van der Waals surface area (Å²) in [4.78, 5) is 25.9. The lowest BCUT2D eigenvalue weighted by atomic mass is 10.1. The van der Waals surface area contributed by atoms with Crippen LogP contribution in [0.1, 0.15) is 0 Å². The van der Waals surface area contributed by atoms with Crippen molar-refractivity contribution in [2.24, 2.45) is 0 Å². The summed E-state index contributed by atoms with van der Waals surface area (Å²) in [6, 6.07) is 7.51. The van der Waals surface area contributed by atoms with E-state index in [1.54, 1.807) is 0 Å². The zero-order valence-electron chi connectivity index (χ0n) is 13.1. The van der Waals surface area contributed by atoms with Crippen LogP contribution in [-0.2, 0) is 0 Å². The summed E-state index contributed by atoms with van der Waals surface area (Å²) in [5.41, 5.74) is 0.155. The van der Waals surface area contributed by atoms with Crippen LogP contribution >= 0.6 is 11.8 Å². The van der Waals surface area contributed by atoms with Crippen LogP contribution in [0, 0.1) is 0 Å². The van der Waals surface area contributed by atoms with Crippen LogP contribution in [0.2, 0.25) is 0 Å². The van der Waals surface area contributed by atoms with Gasteiger partial charge in [0, 0.05) is 24.6 Å². The highest BCUT2D eigenvalue weighted by Crippen LogP contribution is 2.31. The van der Waals surface area contributed by atoms with E-state index in [1.807, 2.05) is 40.9 Å². The van der Waals surface area contributed by atoms with Gasteiger partial charge in [0.1, 0.15) is 24.1 Å². The van der Waals surface area contributed by atoms with E-state index in [1.165, 1.54) is 0 Å². The van der Waals surface area contributed by atoms with Crippen LogP contribution in [0.25, 0.3) is 0 Å². The van der Waals surface area contributed by atoms with E-state index in [2.05, 4.69) is 5.32 Å². The van der Waals surface area contributed by atoms with Crippen molar-refractivity contribution in [2.75, 3.05) is 48.0 Å². The maximum Gasteiger partial charge on any atom is 0.253 e. The maximum atomic E-state index is 11.9. The average Bonchev–Trinajstić information content (AvgIpc) is 2.64. The molecule has 0 aromatic heterocycles. The van der Waals surface area contributed by atoms with E-state index in [9.17, 15) is 9.59 Å². The van der Waals surface area contributed by atoms with Crippen molar-refractivity contribution in [1.82, 2.24) is 0 Å². The van der Waals surface area contributed by atoms with Gasteiger partial charge in [-0.1, -0.05) is 12.1 Å². The largest absolute Gasteiger partial charge is 0.486 e. The molecular weight excluding hydrogens is 328 g/mol. The topological polar surface area (TPSA) is 67.9 Å². The molecule has 24 heavy (non-hydrogen) atoms. The summed E-state index contributed by atoms with van der Waals surface area (Å²) in [7, 11) is 0. The van der Waals surface area contributed by atoms with Crippen molar-refractivity contribution in [2.45, 2.75) is 6.10 Å². The highest BCUT2D eigenvalue weighted by Gasteiger charge is 2.28. The summed E-state index contributed by atoms with van der Waals surface area (Å²) in [6.45, 7) is 2.45. The molecule has 0 aliphatic carbocycles. The van der Waals surface area contributed by atoms with Gasteiger partial charge in [-0.2, -0.15) is 11.8 Å². The third-order valence-corrected chi connectivity index (χ3v) is 5.23. The van der Waals surface area contributed by atoms with Crippen LogP contribution in [0.5, 0.6) is 11.5 Å². The monoisotopic (exact) mass is 346 g/mol. The lowest BCUT2D eigenvalue weighted by Crippen LogP contribution is -2.46.